The Morgan fingerprint density at radius 1 is 1.20 bits per heavy atom. The van der Waals surface area contributed by atoms with E-state index in [4.69, 9.17) is 0 Å². The highest BCUT2D eigenvalue weighted by Crippen LogP contribution is 2.32. The Morgan fingerprint density at radius 2 is 1.90 bits per heavy atom. The maximum Gasteiger partial charge on any atom is 0.419 e. The van der Waals surface area contributed by atoms with Crippen molar-refractivity contribution in [1.82, 2.24) is 4.98 Å². The van der Waals surface area contributed by atoms with E-state index in [9.17, 15) is 22.4 Å². The SMILES string of the molecule is O=C(c1ccc(F)c(C(F)(F)F)c1)c1ncccc1Br. The number of rotatable bonds is 2. The normalized spacial score (nSPS) is 11.4. The summed E-state index contributed by atoms with van der Waals surface area (Å²) in [5, 5.41) is 0. The second kappa shape index (κ2) is 5.32. The quantitative estimate of drug-likeness (QED) is 0.601. The number of halogens is 5. The molecular weight excluding hydrogens is 342 g/mol. The number of hydrogen-bond acceptors (Lipinski definition) is 2. The molecule has 0 spiro atoms. The maximum atomic E-state index is 13.2. The van der Waals surface area contributed by atoms with Crippen molar-refractivity contribution in [3.05, 3.63) is 63.6 Å². The lowest BCUT2D eigenvalue weighted by Gasteiger charge is -2.09. The molecule has 0 bridgehead atoms. The van der Waals surface area contributed by atoms with Crippen molar-refractivity contribution >= 4 is 21.7 Å². The number of carbonyl (C=O) groups excluding carboxylic acids is 1. The largest absolute Gasteiger partial charge is 0.419 e. The summed E-state index contributed by atoms with van der Waals surface area (Å²) in [4.78, 5) is 15.9. The van der Waals surface area contributed by atoms with E-state index in [1.165, 1.54) is 12.3 Å². The van der Waals surface area contributed by atoms with Gasteiger partial charge >= 0.3 is 6.18 Å². The average molecular weight is 348 g/mol. The van der Waals surface area contributed by atoms with E-state index in [1.54, 1.807) is 6.07 Å². The Bertz CT molecular complexity index is 670. The molecule has 0 aliphatic rings. The van der Waals surface area contributed by atoms with E-state index < -0.39 is 23.3 Å². The molecular formula is C13H6BrF4NO. The fraction of sp³-hybridized carbons (Fsp3) is 0.0769. The first kappa shape index (κ1) is 14.6. The predicted octanol–water partition coefficient (Wildman–Crippen LogP) is 4.23. The molecule has 0 saturated carbocycles. The Kier molecular flexibility index (Phi) is 3.89. The van der Waals surface area contributed by atoms with Gasteiger partial charge in [0.05, 0.1) is 5.56 Å². The number of nitrogens with zero attached hydrogens (tertiary/aromatic N) is 1. The zero-order chi connectivity index (χ0) is 14.9. The summed E-state index contributed by atoms with van der Waals surface area (Å²) in [6.45, 7) is 0. The zero-order valence-electron chi connectivity index (χ0n) is 9.71. The van der Waals surface area contributed by atoms with Crippen LogP contribution in [0, 0.1) is 5.82 Å². The molecule has 2 rings (SSSR count). The van der Waals surface area contributed by atoms with E-state index in [0.29, 0.717) is 16.6 Å². The minimum absolute atomic E-state index is 0.0350. The van der Waals surface area contributed by atoms with Crippen molar-refractivity contribution in [2.75, 3.05) is 0 Å². The Balaban J connectivity index is 2.50. The van der Waals surface area contributed by atoms with Crippen molar-refractivity contribution < 1.29 is 22.4 Å². The lowest BCUT2D eigenvalue weighted by molar-refractivity contribution is -0.140. The Labute approximate surface area is 119 Å². The molecule has 20 heavy (non-hydrogen) atoms. The smallest absolute Gasteiger partial charge is 0.287 e. The van der Waals surface area contributed by atoms with Gasteiger partial charge in [-0.25, -0.2) is 4.39 Å². The average Bonchev–Trinajstić information content (AvgIpc) is 2.37. The van der Waals surface area contributed by atoms with Gasteiger partial charge in [-0.15, -0.1) is 0 Å². The van der Waals surface area contributed by atoms with Gasteiger partial charge in [-0.2, -0.15) is 13.2 Å². The second-order valence-electron chi connectivity index (χ2n) is 3.86. The molecule has 1 aromatic carbocycles. The molecule has 0 atom stereocenters. The van der Waals surface area contributed by atoms with Gasteiger partial charge in [0, 0.05) is 16.2 Å². The van der Waals surface area contributed by atoms with Gasteiger partial charge in [-0.1, -0.05) is 0 Å². The summed E-state index contributed by atoms with van der Waals surface area (Å²) in [6.07, 6.45) is -3.52. The van der Waals surface area contributed by atoms with Gasteiger partial charge in [-0.3, -0.25) is 9.78 Å². The van der Waals surface area contributed by atoms with Gasteiger partial charge in [-0.05, 0) is 46.3 Å². The number of hydrogen-bond donors (Lipinski definition) is 0. The number of aromatic nitrogens is 1. The van der Waals surface area contributed by atoms with E-state index >= 15 is 0 Å². The summed E-state index contributed by atoms with van der Waals surface area (Å²) in [7, 11) is 0. The van der Waals surface area contributed by atoms with Crippen LogP contribution in [-0.4, -0.2) is 10.8 Å². The summed E-state index contributed by atoms with van der Waals surface area (Å²) in [5.74, 6) is -2.14. The van der Waals surface area contributed by atoms with Gasteiger partial charge < -0.3 is 0 Å². The van der Waals surface area contributed by atoms with Crippen LogP contribution in [0.15, 0.2) is 41.0 Å². The first-order valence-electron chi connectivity index (χ1n) is 5.32. The lowest BCUT2D eigenvalue weighted by Crippen LogP contribution is -2.11. The van der Waals surface area contributed by atoms with Crippen molar-refractivity contribution in [2.45, 2.75) is 6.18 Å². The number of carbonyl (C=O) groups is 1. The van der Waals surface area contributed by atoms with Crippen LogP contribution in [-0.2, 0) is 6.18 Å². The van der Waals surface area contributed by atoms with Crippen LogP contribution in [0.2, 0.25) is 0 Å². The molecule has 0 aliphatic carbocycles. The summed E-state index contributed by atoms with van der Waals surface area (Å²) in [6, 6.07) is 5.20. The fourth-order valence-electron chi connectivity index (χ4n) is 1.57. The van der Waals surface area contributed by atoms with Crippen LogP contribution in [0.25, 0.3) is 0 Å². The number of benzene rings is 1. The third-order valence-electron chi connectivity index (χ3n) is 2.51. The molecule has 1 aromatic heterocycles. The van der Waals surface area contributed by atoms with E-state index in [0.717, 1.165) is 6.07 Å². The van der Waals surface area contributed by atoms with Crippen molar-refractivity contribution in [1.29, 1.82) is 0 Å². The standard InChI is InChI=1S/C13H6BrF4NO/c14-9-2-1-5-19-11(9)12(20)7-3-4-10(15)8(6-7)13(16,17)18/h1-6H. The number of ketones is 1. The van der Waals surface area contributed by atoms with Crippen molar-refractivity contribution in [3.63, 3.8) is 0 Å². The third-order valence-corrected chi connectivity index (χ3v) is 3.15. The van der Waals surface area contributed by atoms with E-state index in [2.05, 4.69) is 20.9 Å². The molecule has 0 N–H and O–H groups in total. The third kappa shape index (κ3) is 2.87. The molecule has 2 aromatic rings. The fourth-order valence-corrected chi connectivity index (χ4v) is 2.01. The molecule has 0 saturated heterocycles. The summed E-state index contributed by atoms with van der Waals surface area (Å²) in [5.41, 5.74) is -1.79. The number of alkyl halides is 3. The van der Waals surface area contributed by atoms with Gasteiger partial charge in [0.25, 0.3) is 0 Å². The van der Waals surface area contributed by atoms with E-state index in [-0.39, 0.29) is 11.3 Å². The van der Waals surface area contributed by atoms with Crippen LogP contribution in [0.4, 0.5) is 17.6 Å². The summed E-state index contributed by atoms with van der Waals surface area (Å²) >= 11 is 3.09. The highest BCUT2D eigenvalue weighted by Gasteiger charge is 2.34. The highest BCUT2D eigenvalue weighted by molar-refractivity contribution is 9.10. The molecule has 7 heteroatoms. The van der Waals surface area contributed by atoms with Gasteiger partial charge in [0.1, 0.15) is 11.5 Å². The minimum Gasteiger partial charge on any atom is -0.287 e. The van der Waals surface area contributed by atoms with Gasteiger partial charge in [0.2, 0.25) is 5.78 Å². The molecule has 1 heterocycles. The Hall–Kier alpha value is -1.76. The van der Waals surface area contributed by atoms with Crippen LogP contribution in [0.3, 0.4) is 0 Å². The first-order valence-corrected chi connectivity index (χ1v) is 6.12. The lowest BCUT2D eigenvalue weighted by atomic mass is 10.0. The molecule has 0 amide bonds. The van der Waals surface area contributed by atoms with Crippen LogP contribution >= 0.6 is 15.9 Å². The minimum atomic E-state index is -4.86. The van der Waals surface area contributed by atoms with Crippen molar-refractivity contribution in [3.8, 4) is 0 Å². The first-order chi connectivity index (χ1) is 9.30. The van der Waals surface area contributed by atoms with Crippen LogP contribution < -0.4 is 0 Å². The topological polar surface area (TPSA) is 30.0 Å². The van der Waals surface area contributed by atoms with Gasteiger partial charge in [0.15, 0.2) is 0 Å². The maximum absolute atomic E-state index is 13.2. The highest BCUT2D eigenvalue weighted by atomic mass is 79.9. The molecule has 0 radical (unpaired) electrons. The predicted molar refractivity (Wildman–Crippen MR) is 66.8 cm³/mol. The zero-order valence-corrected chi connectivity index (χ0v) is 11.3. The van der Waals surface area contributed by atoms with Crippen LogP contribution in [0.5, 0.6) is 0 Å². The second-order valence-corrected chi connectivity index (χ2v) is 4.71. The molecule has 104 valence electrons. The molecule has 0 aliphatic heterocycles. The Morgan fingerprint density at radius 3 is 2.50 bits per heavy atom. The molecule has 0 unspecified atom stereocenters. The number of pyridine rings is 1. The molecule has 0 fully saturated rings. The monoisotopic (exact) mass is 347 g/mol. The summed E-state index contributed by atoms with van der Waals surface area (Å²) < 4.78 is 51.3. The van der Waals surface area contributed by atoms with E-state index in [1.807, 2.05) is 0 Å². The molecule has 2 nitrogen and oxygen atoms in total. The van der Waals surface area contributed by atoms with Crippen LogP contribution in [0.1, 0.15) is 21.6 Å². The van der Waals surface area contributed by atoms with Crippen molar-refractivity contribution in [2.24, 2.45) is 0 Å².